The molecule has 0 fully saturated rings. The number of para-hydroxylation sites is 1. The first kappa shape index (κ1) is 16.2. The summed E-state index contributed by atoms with van der Waals surface area (Å²) in [6.07, 6.45) is -0.246. The van der Waals surface area contributed by atoms with Crippen LogP contribution < -0.4 is 15.1 Å². The molecule has 0 aliphatic carbocycles. The van der Waals surface area contributed by atoms with Crippen molar-refractivity contribution in [2.75, 3.05) is 29.2 Å². The predicted octanol–water partition coefficient (Wildman–Crippen LogP) is 4.52. The van der Waals surface area contributed by atoms with E-state index in [1.165, 1.54) is 0 Å². The zero-order chi connectivity index (χ0) is 18.1. The van der Waals surface area contributed by atoms with Crippen LogP contribution in [-0.4, -0.2) is 20.0 Å². The summed E-state index contributed by atoms with van der Waals surface area (Å²) in [5.41, 5.74) is 4.58. The van der Waals surface area contributed by atoms with Crippen LogP contribution in [0.2, 0.25) is 0 Å². The Kier molecular flexibility index (Phi) is 4.09. The van der Waals surface area contributed by atoms with Crippen molar-refractivity contribution in [1.29, 1.82) is 0 Å². The Morgan fingerprint density at radius 3 is 2.19 bits per heavy atom. The summed E-state index contributed by atoms with van der Waals surface area (Å²) in [5, 5.41) is 3.52. The minimum atomic E-state index is -0.246. The summed E-state index contributed by atoms with van der Waals surface area (Å²) in [4.78, 5) is 17.2. The molecule has 1 amide bonds. The second kappa shape index (κ2) is 6.56. The third-order valence-corrected chi connectivity index (χ3v) is 4.69. The number of amides is 1. The molecule has 26 heavy (non-hydrogen) atoms. The van der Waals surface area contributed by atoms with E-state index in [1.54, 1.807) is 0 Å². The number of carbonyl (C=O) groups is 1. The molecule has 0 radical (unpaired) electrons. The van der Waals surface area contributed by atoms with Crippen molar-refractivity contribution in [3.63, 3.8) is 0 Å². The number of carbonyl (C=O) groups excluding carboxylic acids is 1. The minimum Gasteiger partial charge on any atom is -0.378 e. The largest absolute Gasteiger partial charge is 0.378 e. The normalized spacial score (nSPS) is 16.0. The standard InChI is InChI=1S/C22H21N3O/c1-24(2)17-12-14-18(15-13-17)25-21(16-8-4-3-5-9-16)23-20-11-7-6-10-19(20)22(25)26/h3-15,21,23H,1-2H3/t21-/m0/s1. The smallest absolute Gasteiger partial charge is 0.262 e. The van der Waals surface area contributed by atoms with Gasteiger partial charge in [0.1, 0.15) is 6.17 Å². The van der Waals surface area contributed by atoms with E-state index in [-0.39, 0.29) is 12.1 Å². The number of anilines is 3. The van der Waals surface area contributed by atoms with Crippen molar-refractivity contribution in [1.82, 2.24) is 0 Å². The van der Waals surface area contributed by atoms with Gasteiger partial charge in [-0.15, -0.1) is 0 Å². The van der Waals surface area contributed by atoms with Gasteiger partial charge < -0.3 is 10.2 Å². The molecule has 4 rings (SSSR count). The van der Waals surface area contributed by atoms with Gasteiger partial charge in [0.15, 0.2) is 0 Å². The average molecular weight is 343 g/mol. The molecule has 3 aromatic rings. The molecule has 4 nitrogen and oxygen atoms in total. The van der Waals surface area contributed by atoms with Gasteiger partial charge in [-0.05, 0) is 42.0 Å². The van der Waals surface area contributed by atoms with Gasteiger partial charge in [0.2, 0.25) is 0 Å². The van der Waals surface area contributed by atoms with E-state index in [1.807, 2.05) is 103 Å². The first-order valence-electron chi connectivity index (χ1n) is 8.66. The van der Waals surface area contributed by atoms with Gasteiger partial charge in [0.25, 0.3) is 5.91 Å². The minimum absolute atomic E-state index is 0.00538. The van der Waals surface area contributed by atoms with Crippen molar-refractivity contribution in [2.45, 2.75) is 6.17 Å². The summed E-state index contributed by atoms with van der Waals surface area (Å²) in [5.74, 6) is 0.00538. The Hall–Kier alpha value is -3.27. The van der Waals surface area contributed by atoms with Crippen LogP contribution in [0.1, 0.15) is 22.1 Å². The molecular weight excluding hydrogens is 322 g/mol. The molecule has 130 valence electrons. The van der Waals surface area contributed by atoms with Crippen LogP contribution in [0, 0.1) is 0 Å². The summed E-state index contributed by atoms with van der Waals surface area (Å²) < 4.78 is 0. The molecule has 1 heterocycles. The molecule has 3 aromatic carbocycles. The van der Waals surface area contributed by atoms with Gasteiger partial charge in [-0.1, -0.05) is 42.5 Å². The maximum Gasteiger partial charge on any atom is 0.262 e. The van der Waals surface area contributed by atoms with Crippen molar-refractivity contribution >= 4 is 23.0 Å². The Balaban J connectivity index is 1.81. The highest BCUT2D eigenvalue weighted by Crippen LogP contribution is 2.36. The Labute approximate surface area is 153 Å². The number of nitrogens with one attached hydrogen (secondary N) is 1. The summed E-state index contributed by atoms with van der Waals surface area (Å²) in [6.45, 7) is 0. The van der Waals surface area contributed by atoms with Crippen LogP contribution in [-0.2, 0) is 0 Å². The zero-order valence-electron chi connectivity index (χ0n) is 14.9. The second-order valence-electron chi connectivity index (χ2n) is 6.59. The van der Waals surface area contributed by atoms with Crippen LogP contribution in [0.25, 0.3) is 0 Å². The lowest BCUT2D eigenvalue weighted by Crippen LogP contribution is -2.43. The number of nitrogens with zero attached hydrogens (tertiary/aromatic N) is 2. The van der Waals surface area contributed by atoms with E-state index in [9.17, 15) is 4.79 Å². The van der Waals surface area contributed by atoms with Crippen LogP contribution in [0.4, 0.5) is 17.1 Å². The van der Waals surface area contributed by atoms with E-state index in [2.05, 4.69) is 5.32 Å². The second-order valence-corrected chi connectivity index (χ2v) is 6.59. The molecule has 1 aliphatic heterocycles. The number of fused-ring (bicyclic) bond motifs is 1. The van der Waals surface area contributed by atoms with Gasteiger partial charge >= 0.3 is 0 Å². The Morgan fingerprint density at radius 1 is 0.846 bits per heavy atom. The molecule has 0 aromatic heterocycles. The molecule has 1 N–H and O–H groups in total. The van der Waals surface area contributed by atoms with E-state index in [0.717, 1.165) is 22.6 Å². The molecule has 4 heteroatoms. The first-order valence-corrected chi connectivity index (χ1v) is 8.66. The lowest BCUT2D eigenvalue weighted by molar-refractivity contribution is 0.0975. The molecule has 1 aliphatic rings. The number of rotatable bonds is 3. The van der Waals surface area contributed by atoms with Crippen LogP contribution in [0.3, 0.4) is 0 Å². The average Bonchev–Trinajstić information content (AvgIpc) is 2.69. The van der Waals surface area contributed by atoms with Crippen molar-refractivity contribution < 1.29 is 4.79 Å². The number of benzene rings is 3. The highest BCUT2D eigenvalue weighted by molar-refractivity contribution is 6.12. The SMILES string of the molecule is CN(C)c1ccc(N2C(=O)c3ccccc3N[C@@H]2c2ccccc2)cc1. The molecule has 0 bridgehead atoms. The van der Waals surface area contributed by atoms with Gasteiger partial charge in [-0.3, -0.25) is 9.69 Å². The van der Waals surface area contributed by atoms with Crippen LogP contribution in [0.15, 0.2) is 78.9 Å². The highest BCUT2D eigenvalue weighted by Gasteiger charge is 2.33. The fourth-order valence-corrected chi connectivity index (χ4v) is 3.30. The molecule has 0 saturated carbocycles. The molecule has 1 atom stereocenters. The lowest BCUT2D eigenvalue weighted by Gasteiger charge is -2.38. The van der Waals surface area contributed by atoms with Gasteiger partial charge in [0.05, 0.1) is 5.56 Å². The molecule has 0 unspecified atom stereocenters. The predicted molar refractivity (Wildman–Crippen MR) is 107 cm³/mol. The fraction of sp³-hybridized carbons (Fsp3) is 0.136. The maximum absolute atomic E-state index is 13.3. The Morgan fingerprint density at radius 2 is 1.50 bits per heavy atom. The zero-order valence-corrected chi connectivity index (χ0v) is 14.9. The van der Waals surface area contributed by atoms with Crippen molar-refractivity contribution in [3.05, 3.63) is 90.0 Å². The third-order valence-electron chi connectivity index (χ3n) is 4.69. The van der Waals surface area contributed by atoms with Crippen LogP contribution in [0.5, 0.6) is 0 Å². The van der Waals surface area contributed by atoms with Crippen LogP contribution >= 0.6 is 0 Å². The fourth-order valence-electron chi connectivity index (χ4n) is 3.30. The van der Waals surface area contributed by atoms with Gasteiger partial charge in [0, 0.05) is 31.2 Å². The van der Waals surface area contributed by atoms with Crippen molar-refractivity contribution in [3.8, 4) is 0 Å². The quantitative estimate of drug-likeness (QED) is 0.759. The summed E-state index contributed by atoms with van der Waals surface area (Å²) in [7, 11) is 4.01. The molecular formula is C22H21N3O. The third kappa shape index (κ3) is 2.80. The van der Waals surface area contributed by atoms with E-state index >= 15 is 0 Å². The van der Waals surface area contributed by atoms with E-state index in [4.69, 9.17) is 0 Å². The summed E-state index contributed by atoms with van der Waals surface area (Å²) in [6, 6.07) is 25.8. The van der Waals surface area contributed by atoms with E-state index < -0.39 is 0 Å². The maximum atomic E-state index is 13.3. The van der Waals surface area contributed by atoms with Gasteiger partial charge in [-0.2, -0.15) is 0 Å². The topological polar surface area (TPSA) is 35.6 Å². The lowest BCUT2D eigenvalue weighted by atomic mass is 10.0. The number of hydrogen-bond acceptors (Lipinski definition) is 3. The Bertz CT molecular complexity index is 920. The first-order chi connectivity index (χ1) is 12.6. The summed E-state index contributed by atoms with van der Waals surface area (Å²) >= 11 is 0. The van der Waals surface area contributed by atoms with Gasteiger partial charge in [-0.25, -0.2) is 0 Å². The number of hydrogen-bond donors (Lipinski definition) is 1. The van der Waals surface area contributed by atoms with Crippen molar-refractivity contribution in [2.24, 2.45) is 0 Å². The molecule has 0 saturated heterocycles. The van der Waals surface area contributed by atoms with E-state index in [0.29, 0.717) is 5.56 Å². The molecule has 0 spiro atoms. The highest BCUT2D eigenvalue weighted by atomic mass is 16.2. The monoisotopic (exact) mass is 343 g/mol.